The lowest BCUT2D eigenvalue weighted by atomic mass is 9.39. The van der Waals surface area contributed by atoms with E-state index in [4.69, 9.17) is 4.74 Å². The van der Waals surface area contributed by atoms with Crippen molar-refractivity contribution in [2.24, 2.45) is 22.2 Å². The molecule has 0 aromatic rings. The number of carbonyl (C=O) groups excluding carboxylic acids is 1. The summed E-state index contributed by atoms with van der Waals surface area (Å²) in [6, 6.07) is 0. The molecule has 2 N–H and O–H groups in total. The molecule has 128 valence electrons. The monoisotopic (exact) mass is 324 g/mol. The Balaban J connectivity index is 2.04. The normalized spacial score (nSPS) is 41.6. The van der Waals surface area contributed by atoms with Crippen LogP contribution in [0.4, 0.5) is 0 Å². The summed E-state index contributed by atoms with van der Waals surface area (Å²) in [5, 5.41) is 19.5. The summed E-state index contributed by atoms with van der Waals surface area (Å²) in [5.41, 5.74) is -3.85. The third-order valence-electron chi connectivity index (χ3n) is 5.81. The zero-order valence-corrected chi connectivity index (χ0v) is 13.8. The standard InChI is InChI=1S/C17H24O6/c1-14(2,3)23-13(22)17-6-10-4-15(8-17,11(18)19)7-16(5-10,9-17)12(20)21/h10H,4-9H2,1-3H3,(H,18,19)(H,20,21). The van der Waals surface area contributed by atoms with E-state index in [9.17, 15) is 24.6 Å². The zero-order chi connectivity index (χ0) is 17.3. The van der Waals surface area contributed by atoms with Gasteiger partial charge in [0.25, 0.3) is 0 Å². The number of carbonyl (C=O) groups is 3. The highest BCUT2D eigenvalue weighted by Gasteiger charge is 2.71. The van der Waals surface area contributed by atoms with Gasteiger partial charge < -0.3 is 14.9 Å². The highest BCUT2D eigenvalue weighted by molar-refractivity contribution is 5.86. The SMILES string of the molecule is CC(C)(C)OC(=O)C12CC3CC(C(=O)O)(CC(C(=O)O)(C3)C1)C2. The summed E-state index contributed by atoms with van der Waals surface area (Å²) in [7, 11) is 0. The van der Waals surface area contributed by atoms with Crippen molar-refractivity contribution >= 4 is 17.9 Å². The van der Waals surface area contributed by atoms with Crippen molar-refractivity contribution in [3.63, 3.8) is 0 Å². The first-order chi connectivity index (χ1) is 10.4. The van der Waals surface area contributed by atoms with E-state index in [0.29, 0.717) is 19.3 Å². The van der Waals surface area contributed by atoms with Crippen LogP contribution in [0, 0.1) is 22.2 Å². The molecule has 6 nitrogen and oxygen atoms in total. The highest BCUT2D eigenvalue weighted by Crippen LogP contribution is 2.70. The second-order valence-electron chi connectivity index (χ2n) is 8.96. The maximum absolute atomic E-state index is 12.8. The van der Waals surface area contributed by atoms with Gasteiger partial charge in [0.1, 0.15) is 5.60 Å². The van der Waals surface area contributed by atoms with E-state index in [1.54, 1.807) is 20.8 Å². The Morgan fingerprint density at radius 3 is 1.65 bits per heavy atom. The summed E-state index contributed by atoms with van der Waals surface area (Å²) in [6.07, 6.45) is 2.03. The lowest BCUT2D eigenvalue weighted by Crippen LogP contribution is -2.64. The Morgan fingerprint density at radius 2 is 1.26 bits per heavy atom. The van der Waals surface area contributed by atoms with Gasteiger partial charge in [0.15, 0.2) is 0 Å². The van der Waals surface area contributed by atoms with Crippen LogP contribution in [0.2, 0.25) is 0 Å². The van der Waals surface area contributed by atoms with Crippen molar-refractivity contribution in [1.29, 1.82) is 0 Å². The molecule has 0 amide bonds. The predicted octanol–water partition coefficient (Wildman–Crippen LogP) is 2.45. The Hall–Kier alpha value is -1.59. The molecule has 2 atom stereocenters. The van der Waals surface area contributed by atoms with E-state index in [2.05, 4.69) is 0 Å². The van der Waals surface area contributed by atoms with Crippen molar-refractivity contribution in [1.82, 2.24) is 0 Å². The molecule has 0 aromatic carbocycles. The summed E-state index contributed by atoms with van der Waals surface area (Å²) < 4.78 is 5.55. The van der Waals surface area contributed by atoms with E-state index in [-0.39, 0.29) is 25.2 Å². The molecule has 0 spiro atoms. The number of esters is 1. The lowest BCUT2D eigenvalue weighted by Gasteiger charge is -2.62. The molecule has 4 aliphatic rings. The van der Waals surface area contributed by atoms with E-state index in [1.807, 2.05) is 0 Å². The lowest BCUT2D eigenvalue weighted by molar-refractivity contribution is -0.215. The molecule has 4 fully saturated rings. The first-order valence-electron chi connectivity index (χ1n) is 8.12. The number of carboxylic acids is 2. The van der Waals surface area contributed by atoms with Crippen LogP contribution in [0.15, 0.2) is 0 Å². The molecule has 4 rings (SSSR count). The molecule has 0 aromatic heterocycles. The molecule has 4 saturated carbocycles. The van der Waals surface area contributed by atoms with E-state index >= 15 is 0 Å². The van der Waals surface area contributed by atoms with E-state index in [0.717, 1.165) is 0 Å². The fraction of sp³-hybridized carbons (Fsp3) is 0.824. The molecule has 6 heteroatoms. The molecular formula is C17H24O6. The molecule has 2 unspecified atom stereocenters. The summed E-state index contributed by atoms with van der Waals surface area (Å²) in [5.74, 6) is -2.41. The quantitative estimate of drug-likeness (QED) is 0.773. The van der Waals surface area contributed by atoms with Crippen molar-refractivity contribution < 1.29 is 29.3 Å². The third kappa shape index (κ3) is 2.34. The van der Waals surface area contributed by atoms with Crippen molar-refractivity contribution in [2.75, 3.05) is 0 Å². The topological polar surface area (TPSA) is 101 Å². The summed E-state index contributed by atoms with van der Waals surface area (Å²) in [6.45, 7) is 5.31. The fourth-order valence-electron chi connectivity index (χ4n) is 5.53. The van der Waals surface area contributed by atoms with Crippen LogP contribution in [0.1, 0.15) is 59.3 Å². The largest absolute Gasteiger partial charge is 0.481 e. The smallest absolute Gasteiger partial charge is 0.312 e. The van der Waals surface area contributed by atoms with Gasteiger partial charge in [-0.3, -0.25) is 14.4 Å². The van der Waals surface area contributed by atoms with Gasteiger partial charge in [-0.2, -0.15) is 0 Å². The highest BCUT2D eigenvalue weighted by atomic mass is 16.6. The van der Waals surface area contributed by atoms with Gasteiger partial charge in [0.05, 0.1) is 16.2 Å². The number of carboxylic acid groups (broad SMARTS) is 2. The van der Waals surface area contributed by atoms with Gasteiger partial charge >= 0.3 is 17.9 Å². The third-order valence-corrected chi connectivity index (χ3v) is 5.81. The van der Waals surface area contributed by atoms with Crippen LogP contribution in [-0.4, -0.2) is 33.7 Å². The first kappa shape index (κ1) is 16.3. The summed E-state index contributed by atoms with van der Waals surface area (Å²) >= 11 is 0. The van der Waals surface area contributed by atoms with Crippen LogP contribution in [0.5, 0.6) is 0 Å². The van der Waals surface area contributed by atoms with Crippen molar-refractivity contribution in [3.05, 3.63) is 0 Å². The molecular weight excluding hydrogens is 300 g/mol. The Labute approximate surface area is 135 Å². The van der Waals surface area contributed by atoms with Crippen LogP contribution >= 0.6 is 0 Å². The van der Waals surface area contributed by atoms with Crippen LogP contribution in [0.3, 0.4) is 0 Å². The average Bonchev–Trinajstić information content (AvgIpc) is 2.34. The second kappa shape index (κ2) is 4.48. The Kier molecular flexibility index (Phi) is 3.17. The number of aliphatic carboxylic acids is 2. The maximum Gasteiger partial charge on any atom is 0.312 e. The fourth-order valence-corrected chi connectivity index (χ4v) is 5.53. The second-order valence-corrected chi connectivity index (χ2v) is 8.96. The number of ether oxygens (including phenoxy) is 1. The van der Waals surface area contributed by atoms with E-state index in [1.165, 1.54) is 0 Å². The molecule has 0 aliphatic heterocycles. The summed E-state index contributed by atoms with van der Waals surface area (Å²) in [4.78, 5) is 36.7. The molecule has 0 saturated heterocycles. The van der Waals surface area contributed by atoms with Gasteiger partial charge in [0.2, 0.25) is 0 Å². The minimum atomic E-state index is -1.10. The molecule has 23 heavy (non-hydrogen) atoms. The molecule has 0 radical (unpaired) electrons. The van der Waals surface area contributed by atoms with Crippen LogP contribution < -0.4 is 0 Å². The van der Waals surface area contributed by atoms with E-state index < -0.39 is 39.8 Å². The van der Waals surface area contributed by atoms with Gasteiger partial charge in [0, 0.05) is 0 Å². The maximum atomic E-state index is 12.8. The average molecular weight is 324 g/mol. The number of hydrogen-bond donors (Lipinski definition) is 2. The first-order valence-corrected chi connectivity index (χ1v) is 8.12. The van der Waals surface area contributed by atoms with Gasteiger partial charge in [-0.15, -0.1) is 0 Å². The number of hydrogen-bond acceptors (Lipinski definition) is 4. The van der Waals surface area contributed by atoms with Crippen LogP contribution in [-0.2, 0) is 19.1 Å². The van der Waals surface area contributed by atoms with Crippen LogP contribution in [0.25, 0.3) is 0 Å². The molecule has 0 heterocycles. The van der Waals surface area contributed by atoms with Gasteiger partial charge in [-0.25, -0.2) is 0 Å². The Morgan fingerprint density at radius 1 is 0.870 bits per heavy atom. The molecule has 4 bridgehead atoms. The van der Waals surface area contributed by atoms with Crippen molar-refractivity contribution in [3.8, 4) is 0 Å². The minimum absolute atomic E-state index is 0.0361. The zero-order valence-electron chi connectivity index (χ0n) is 13.8. The number of rotatable bonds is 3. The Bertz CT molecular complexity index is 556. The minimum Gasteiger partial charge on any atom is -0.481 e. The van der Waals surface area contributed by atoms with Gasteiger partial charge in [-0.05, 0) is 65.2 Å². The predicted molar refractivity (Wildman–Crippen MR) is 79.6 cm³/mol. The van der Waals surface area contributed by atoms with Gasteiger partial charge in [-0.1, -0.05) is 0 Å². The van der Waals surface area contributed by atoms with Crippen molar-refractivity contribution in [2.45, 2.75) is 64.9 Å². The molecule has 4 aliphatic carbocycles.